The van der Waals surface area contributed by atoms with Crippen LogP contribution in [-0.4, -0.2) is 13.1 Å². The van der Waals surface area contributed by atoms with Crippen LogP contribution < -0.4 is 11.1 Å². The summed E-state index contributed by atoms with van der Waals surface area (Å²) in [7, 11) is 0. The Morgan fingerprint density at radius 2 is 2.06 bits per heavy atom. The second-order valence-corrected chi connectivity index (χ2v) is 4.90. The van der Waals surface area contributed by atoms with Crippen molar-refractivity contribution in [3.05, 3.63) is 28.3 Å². The number of hydrogen-bond donors (Lipinski definition) is 2. The Morgan fingerprint density at radius 3 is 2.62 bits per heavy atom. The molecule has 0 spiro atoms. The van der Waals surface area contributed by atoms with Gasteiger partial charge in [0.2, 0.25) is 0 Å². The SMILES string of the molecule is Cc1cc(C)c(NCCC(C)CN)c(Cl)c1. The second kappa shape index (κ2) is 6.12. The minimum Gasteiger partial charge on any atom is -0.384 e. The fourth-order valence-electron chi connectivity index (χ4n) is 1.70. The number of nitrogens with one attached hydrogen (secondary N) is 1. The third kappa shape index (κ3) is 3.69. The van der Waals surface area contributed by atoms with Crippen molar-refractivity contribution in [2.75, 3.05) is 18.4 Å². The molecule has 0 amide bonds. The van der Waals surface area contributed by atoms with Gasteiger partial charge in [-0.15, -0.1) is 0 Å². The zero-order valence-corrected chi connectivity index (χ0v) is 11.1. The maximum atomic E-state index is 6.20. The lowest BCUT2D eigenvalue weighted by molar-refractivity contribution is 0.561. The normalized spacial score (nSPS) is 12.6. The van der Waals surface area contributed by atoms with E-state index in [4.69, 9.17) is 17.3 Å². The summed E-state index contributed by atoms with van der Waals surface area (Å²) in [4.78, 5) is 0. The molecule has 16 heavy (non-hydrogen) atoms. The van der Waals surface area contributed by atoms with Crippen LogP contribution in [0.25, 0.3) is 0 Å². The number of benzene rings is 1. The summed E-state index contributed by atoms with van der Waals surface area (Å²) >= 11 is 6.20. The summed E-state index contributed by atoms with van der Waals surface area (Å²) in [5.41, 5.74) is 9.03. The largest absolute Gasteiger partial charge is 0.384 e. The predicted octanol–water partition coefficient (Wildman–Crippen LogP) is 3.35. The number of hydrogen-bond acceptors (Lipinski definition) is 2. The van der Waals surface area contributed by atoms with Crippen LogP contribution in [0.15, 0.2) is 12.1 Å². The molecule has 0 radical (unpaired) electrons. The van der Waals surface area contributed by atoms with E-state index in [-0.39, 0.29) is 0 Å². The zero-order valence-electron chi connectivity index (χ0n) is 10.3. The van der Waals surface area contributed by atoms with Crippen molar-refractivity contribution >= 4 is 17.3 Å². The van der Waals surface area contributed by atoms with Gasteiger partial charge >= 0.3 is 0 Å². The molecule has 3 N–H and O–H groups in total. The minimum absolute atomic E-state index is 0.553. The summed E-state index contributed by atoms with van der Waals surface area (Å²) in [6.07, 6.45) is 1.07. The van der Waals surface area contributed by atoms with Crippen molar-refractivity contribution in [1.82, 2.24) is 0 Å². The van der Waals surface area contributed by atoms with Gasteiger partial charge < -0.3 is 11.1 Å². The van der Waals surface area contributed by atoms with Crippen LogP contribution in [0.5, 0.6) is 0 Å². The lowest BCUT2D eigenvalue weighted by Gasteiger charge is -2.14. The lowest BCUT2D eigenvalue weighted by Crippen LogP contribution is -2.15. The molecule has 0 heterocycles. The van der Waals surface area contributed by atoms with Crippen LogP contribution in [0.4, 0.5) is 5.69 Å². The van der Waals surface area contributed by atoms with Crippen LogP contribution >= 0.6 is 11.6 Å². The summed E-state index contributed by atoms with van der Waals surface area (Å²) in [6.45, 7) is 7.95. The first-order chi connectivity index (χ1) is 7.54. The van der Waals surface area contributed by atoms with Gasteiger partial charge in [-0.05, 0) is 49.9 Å². The van der Waals surface area contributed by atoms with Crippen molar-refractivity contribution in [3.8, 4) is 0 Å². The third-order valence-electron chi connectivity index (χ3n) is 2.77. The number of anilines is 1. The summed E-state index contributed by atoms with van der Waals surface area (Å²) < 4.78 is 0. The molecule has 0 saturated carbocycles. The molecule has 1 aromatic carbocycles. The van der Waals surface area contributed by atoms with Crippen molar-refractivity contribution < 1.29 is 0 Å². The Labute approximate surface area is 103 Å². The number of rotatable bonds is 5. The van der Waals surface area contributed by atoms with Gasteiger partial charge in [-0.25, -0.2) is 0 Å². The van der Waals surface area contributed by atoms with Crippen molar-refractivity contribution in [3.63, 3.8) is 0 Å². The first-order valence-corrected chi connectivity index (χ1v) is 6.13. The van der Waals surface area contributed by atoms with Gasteiger partial charge in [-0.3, -0.25) is 0 Å². The van der Waals surface area contributed by atoms with Gasteiger partial charge in [-0.1, -0.05) is 24.6 Å². The Balaban J connectivity index is 2.60. The Morgan fingerprint density at radius 1 is 1.38 bits per heavy atom. The average molecular weight is 241 g/mol. The van der Waals surface area contributed by atoms with Crippen LogP contribution in [0.2, 0.25) is 5.02 Å². The molecule has 0 fully saturated rings. The minimum atomic E-state index is 0.553. The highest BCUT2D eigenvalue weighted by Crippen LogP contribution is 2.27. The molecule has 1 rings (SSSR count). The van der Waals surface area contributed by atoms with E-state index in [0.29, 0.717) is 5.92 Å². The van der Waals surface area contributed by atoms with Gasteiger partial charge in [0.1, 0.15) is 0 Å². The molecule has 90 valence electrons. The van der Waals surface area contributed by atoms with E-state index in [1.807, 2.05) is 6.07 Å². The van der Waals surface area contributed by atoms with Gasteiger partial charge in [0.05, 0.1) is 10.7 Å². The monoisotopic (exact) mass is 240 g/mol. The number of aryl methyl sites for hydroxylation is 2. The van der Waals surface area contributed by atoms with Gasteiger partial charge in [0, 0.05) is 6.54 Å². The van der Waals surface area contributed by atoms with Crippen LogP contribution in [-0.2, 0) is 0 Å². The molecule has 2 nitrogen and oxygen atoms in total. The van der Waals surface area contributed by atoms with E-state index < -0.39 is 0 Å². The first kappa shape index (κ1) is 13.3. The molecule has 1 aromatic rings. The Kier molecular flexibility index (Phi) is 5.10. The highest BCUT2D eigenvalue weighted by Gasteiger charge is 2.05. The fraction of sp³-hybridized carbons (Fsp3) is 0.538. The molecule has 0 bridgehead atoms. The summed E-state index contributed by atoms with van der Waals surface area (Å²) in [5.74, 6) is 0.553. The second-order valence-electron chi connectivity index (χ2n) is 4.49. The molecular weight excluding hydrogens is 220 g/mol. The Hall–Kier alpha value is -0.730. The van der Waals surface area contributed by atoms with E-state index in [1.54, 1.807) is 0 Å². The molecule has 1 atom stereocenters. The van der Waals surface area contributed by atoms with Gasteiger partial charge in [0.25, 0.3) is 0 Å². The maximum absolute atomic E-state index is 6.20. The van der Waals surface area contributed by atoms with E-state index in [0.717, 1.165) is 30.2 Å². The smallest absolute Gasteiger partial charge is 0.0642 e. The molecular formula is C13H21ClN2. The van der Waals surface area contributed by atoms with Crippen molar-refractivity contribution in [2.45, 2.75) is 27.2 Å². The molecule has 0 aliphatic heterocycles. The topological polar surface area (TPSA) is 38.0 Å². The third-order valence-corrected chi connectivity index (χ3v) is 3.07. The summed E-state index contributed by atoms with van der Waals surface area (Å²) in [5, 5.41) is 4.19. The molecule has 0 aromatic heterocycles. The van der Waals surface area contributed by atoms with Crippen LogP contribution in [0.1, 0.15) is 24.5 Å². The molecule has 0 saturated heterocycles. The maximum Gasteiger partial charge on any atom is 0.0642 e. The Bertz CT molecular complexity index is 327. The van der Waals surface area contributed by atoms with Gasteiger partial charge in [0.15, 0.2) is 0 Å². The van der Waals surface area contributed by atoms with E-state index in [9.17, 15) is 0 Å². The van der Waals surface area contributed by atoms with Crippen LogP contribution in [0, 0.1) is 19.8 Å². The standard InChI is InChI=1S/C13H21ClN2/c1-9(8-15)4-5-16-13-11(3)6-10(2)7-12(13)14/h6-7,9,16H,4-5,8,15H2,1-3H3. The average Bonchev–Trinajstić information content (AvgIpc) is 2.21. The molecule has 3 heteroatoms. The molecule has 1 unspecified atom stereocenters. The lowest BCUT2D eigenvalue weighted by atomic mass is 10.1. The fourth-order valence-corrected chi connectivity index (χ4v) is 2.09. The van der Waals surface area contributed by atoms with E-state index in [2.05, 4.69) is 32.2 Å². The first-order valence-electron chi connectivity index (χ1n) is 5.75. The molecule has 0 aliphatic carbocycles. The number of nitrogens with two attached hydrogens (primary N) is 1. The highest BCUT2D eigenvalue weighted by molar-refractivity contribution is 6.33. The number of halogens is 1. The summed E-state index contributed by atoms with van der Waals surface area (Å²) in [6, 6.07) is 4.13. The highest BCUT2D eigenvalue weighted by atomic mass is 35.5. The van der Waals surface area contributed by atoms with E-state index >= 15 is 0 Å². The van der Waals surface area contributed by atoms with Gasteiger partial charge in [-0.2, -0.15) is 0 Å². The zero-order chi connectivity index (χ0) is 12.1. The molecule has 0 aliphatic rings. The van der Waals surface area contributed by atoms with Crippen LogP contribution in [0.3, 0.4) is 0 Å². The van der Waals surface area contributed by atoms with E-state index in [1.165, 1.54) is 11.1 Å². The quantitative estimate of drug-likeness (QED) is 0.829. The van der Waals surface area contributed by atoms with Crippen molar-refractivity contribution in [1.29, 1.82) is 0 Å². The van der Waals surface area contributed by atoms with Crippen molar-refractivity contribution in [2.24, 2.45) is 11.7 Å². The predicted molar refractivity (Wildman–Crippen MR) is 72.3 cm³/mol.